The van der Waals surface area contributed by atoms with E-state index in [9.17, 15) is 14.4 Å². The summed E-state index contributed by atoms with van der Waals surface area (Å²) in [6.45, 7) is 2.55. The summed E-state index contributed by atoms with van der Waals surface area (Å²) >= 11 is 0. The molecule has 5 heteroatoms. The smallest absolute Gasteiger partial charge is 0.269 e. The maximum Gasteiger partial charge on any atom is 0.331 e. The van der Waals surface area contributed by atoms with Crippen molar-refractivity contribution in [1.82, 2.24) is 10.2 Å². The average molecular weight is 210 g/mol. The molecule has 1 aliphatic carbocycles. The van der Waals surface area contributed by atoms with E-state index >= 15 is 0 Å². The molecule has 2 rings (SSSR count). The van der Waals surface area contributed by atoms with Crippen LogP contribution in [0.15, 0.2) is 0 Å². The molecule has 0 spiro atoms. The fourth-order valence-electron chi connectivity index (χ4n) is 2.35. The first-order valence-electron chi connectivity index (χ1n) is 5.24. The Kier molecular flexibility index (Phi) is 2.46. The second kappa shape index (κ2) is 3.64. The number of rotatable bonds is 2. The highest BCUT2D eigenvalue weighted by Crippen LogP contribution is 2.31. The molecule has 2 fully saturated rings. The van der Waals surface area contributed by atoms with Gasteiger partial charge in [-0.3, -0.25) is 19.8 Å². The predicted molar refractivity (Wildman–Crippen MR) is 51.8 cm³/mol. The molecule has 0 aromatic carbocycles. The summed E-state index contributed by atoms with van der Waals surface area (Å²) in [5, 5.41) is 2.00. The molecule has 1 saturated heterocycles. The van der Waals surface area contributed by atoms with Crippen LogP contribution in [0, 0.1) is 11.8 Å². The monoisotopic (exact) mass is 210 g/mol. The van der Waals surface area contributed by atoms with Gasteiger partial charge in [0, 0.05) is 6.54 Å². The third-order valence-corrected chi connectivity index (χ3v) is 3.15. The summed E-state index contributed by atoms with van der Waals surface area (Å²) in [5.74, 6) is -0.488. The first kappa shape index (κ1) is 10.1. The Hall–Kier alpha value is -1.39. The van der Waals surface area contributed by atoms with Gasteiger partial charge in [-0.2, -0.15) is 0 Å². The highest BCUT2D eigenvalue weighted by molar-refractivity contribution is 6.44. The number of amides is 4. The summed E-state index contributed by atoms with van der Waals surface area (Å²) in [6.07, 6.45) is 3.21. The average Bonchev–Trinajstić information content (AvgIpc) is 2.67. The highest BCUT2D eigenvalue weighted by Gasteiger charge is 2.38. The number of nitrogens with one attached hydrogen (secondary N) is 1. The van der Waals surface area contributed by atoms with Crippen LogP contribution in [0.5, 0.6) is 0 Å². The van der Waals surface area contributed by atoms with E-state index in [0.29, 0.717) is 18.4 Å². The Labute approximate surface area is 87.8 Å². The second-order valence-corrected chi connectivity index (χ2v) is 4.46. The number of carbonyl (C=O) groups excluding carboxylic acids is 3. The fourth-order valence-corrected chi connectivity index (χ4v) is 2.35. The van der Waals surface area contributed by atoms with E-state index in [1.807, 2.05) is 5.32 Å². The van der Waals surface area contributed by atoms with Crippen LogP contribution in [0.4, 0.5) is 4.79 Å². The van der Waals surface area contributed by atoms with Crippen molar-refractivity contribution in [1.29, 1.82) is 0 Å². The molecule has 15 heavy (non-hydrogen) atoms. The van der Waals surface area contributed by atoms with Crippen LogP contribution in [0.3, 0.4) is 0 Å². The molecule has 2 atom stereocenters. The summed E-state index contributed by atoms with van der Waals surface area (Å²) < 4.78 is 0. The summed E-state index contributed by atoms with van der Waals surface area (Å²) in [6, 6.07) is -0.565. The zero-order valence-electron chi connectivity index (χ0n) is 8.66. The maximum absolute atomic E-state index is 11.3. The largest absolute Gasteiger partial charge is 0.331 e. The van der Waals surface area contributed by atoms with Crippen LogP contribution in [0.1, 0.15) is 26.2 Å². The SMILES string of the molecule is CC1CCC(CN2C(=O)NC(=O)C2=O)C1. The second-order valence-electron chi connectivity index (χ2n) is 4.46. The predicted octanol–water partition coefficient (Wildman–Crippen LogP) is 0.501. The highest BCUT2D eigenvalue weighted by atomic mass is 16.2. The molecule has 1 heterocycles. The molecule has 2 aliphatic rings. The van der Waals surface area contributed by atoms with Gasteiger partial charge in [-0.1, -0.05) is 13.3 Å². The van der Waals surface area contributed by atoms with Crippen LogP contribution >= 0.6 is 0 Å². The molecular formula is C10H14N2O3. The van der Waals surface area contributed by atoms with Crippen molar-refractivity contribution in [2.45, 2.75) is 26.2 Å². The zero-order chi connectivity index (χ0) is 11.0. The van der Waals surface area contributed by atoms with Crippen LogP contribution in [0.25, 0.3) is 0 Å². The molecular weight excluding hydrogens is 196 g/mol. The van der Waals surface area contributed by atoms with E-state index in [4.69, 9.17) is 0 Å². The first-order chi connectivity index (χ1) is 7.08. The minimum Gasteiger partial charge on any atom is -0.269 e. The van der Waals surface area contributed by atoms with Gasteiger partial charge in [-0.05, 0) is 24.7 Å². The van der Waals surface area contributed by atoms with Crippen molar-refractivity contribution < 1.29 is 14.4 Å². The Morgan fingerprint density at radius 1 is 1.33 bits per heavy atom. The van der Waals surface area contributed by atoms with Crippen LogP contribution in [-0.4, -0.2) is 29.3 Å². The lowest BCUT2D eigenvalue weighted by atomic mass is 10.1. The van der Waals surface area contributed by atoms with Crippen LogP contribution in [0.2, 0.25) is 0 Å². The molecule has 1 saturated carbocycles. The van der Waals surface area contributed by atoms with Crippen molar-refractivity contribution in [3.05, 3.63) is 0 Å². The van der Waals surface area contributed by atoms with Crippen LogP contribution < -0.4 is 5.32 Å². The summed E-state index contributed by atoms with van der Waals surface area (Å²) in [4.78, 5) is 34.5. The van der Waals surface area contributed by atoms with Crippen molar-refractivity contribution in [2.75, 3.05) is 6.54 Å². The van der Waals surface area contributed by atoms with E-state index in [0.717, 1.165) is 24.2 Å². The zero-order valence-corrected chi connectivity index (χ0v) is 8.66. The Morgan fingerprint density at radius 2 is 2.07 bits per heavy atom. The minimum atomic E-state index is -0.800. The number of nitrogens with zero attached hydrogens (tertiary/aromatic N) is 1. The van der Waals surface area contributed by atoms with Gasteiger partial charge in [0.15, 0.2) is 0 Å². The molecule has 5 nitrogen and oxygen atoms in total. The summed E-state index contributed by atoms with van der Waals surface area (Å²) in [7, 11) is 0. The molecule has 0 radical (unpaired) electrons. The quantitative estimate of drug-likeness (QED) is 0.533. The third-order valence-electron chi connectivity index (χ3n) is 3.15. The third kappa shape index (κ3) is 1.86. The van der Waals surface area contributed by atoms with Gasteiger partial charge in [0.2, 0.25) is 0 Å². The molecule has 0 aromatic heterocycles. The van der Waals surface area contributed by atoms with Gasteiger partial charge in [0.1, 0.15) is 0 Å². The van der Waals surface area contributed by atoms with Gasteiger partial charge in [-0.25, -0.2) is 4.79 Å². The van der Waals surface area contributed by atoms with E-state index in [1.165, 1.54) is 0 Å². The lowest BCUT2D eigenvalue weighted by molar-refractivity contribution is -0.140. The molecule has 1 N–H and O–H groups in total. The molecule has 82 valence electrons. The van der Waals surface area contributed by atoms with Gasteiger partial charge in [-0.15, -0.1) is 0 Å². The molecule has 2 unspecified atom stereocenters. The van der Waals surface area contributed by atoms with Crippen molar-refractivity contribution in [3.8, 4) is 0 Å². The lowest BCUT2D eigenvalue weighted by Gasteiger charge is -2.16. The van der Waals surface area contributed by atoms with E-state index < -0.39 is 17.8 Å². The van der Waals surface area contributed by atoms with Gasteiger partial charge in [0.05, 0.1) is 0 Å². The van der Waals surface area contributed by atoms with Crippen molar-refractivity contribution in [3.63, 3.8) is 0 Å². The summed E-state index contributed by atoms with van der Waals surface area (Å²) in [5.41, 5.74) is 0. The van der Waals surface area contributed by atoms with Crippen LogP contribution in [-0.2, 0) is 9.59 Å². The topological polar surface area (TPSA) is 66.5 Å². The van der Waals surface area contributed by atoms with E-state index in [2.05, 4.69) is 6.92 Å². The number of hydrogen-bond acceptors (Lipinski definition) is 3. The Morgan fingerprint density at radius 3 is 2.53 bits per heavy atom. The van der Waals surface area contributed by atoms with E-state index in [-0.39, 0.29) is 0 Å². The number of urea groups is 1. The minimum absolute atomic E-state index is 0.362. The number of imide groups is 2. The maximum atomic E-state index is 11.3. The molecule has 0 aromatic rings. The molecule has 4 amide bonds. The lowest BCUT2D eigenvalue weighted by Crippen LogP contribution is -2.35. The Bertz CT molecular complexity index is 327. The normalized spacial score (nSPS) is 31.3. The molecule has 0 bridgehead atoms. The van der Waals surface area contributed by atoms with Gasteiger partial charge >= 0.3 is 17.8 Å². The standard InChI is InChI=1S/C10H14N2O3/c1-6-2-3-7(4-6)5-12-9(14)8(13)11-10(12)15/h6-7H,2-5H2,1H3,(H,11,13,15). The number of carbonyl (C=O) groups is 3. The first-order valence-corrected chi connectivity index (χ1v) is 5.24. The number of hydrogen-bond donors (Lipinski definition) is 1. The molecule has 1 aliphatic heterocycles. The van der Waals surface area contributed by atoms with Gasteiger partial charge < -0.3 is 0 Å². The Balaban J connectivity index is 1.97. The van der Waals surface area contributed by atoms with E-state index in [1.54, 1.807) is 0 Å². The fraction of sp³-hybridized carbons (Fsp3) is 0.700. The van der Waals surface area contributed by atoms with Gasteiger partial charge in [0.25, 0.3) is 0 Å². The van der Waals surface area contributed by atoms with Crippen molar-refractivity contribution >= 4 is 17.8 Å². The van der Waals surface area contributed by atoms with Crippen molar-refractivity contribution in [2.24, 2.45) is 11.8 Å².